The van der Waals surface area contributed by atoms with Crippen molar-refractivity contribution in [3.8, 4) is 18.1 Å². The van der Waals surface area contributed by atoms with Gasteiger partial charge >= 0.3 is 6.09 Å². The Labute approximate surface area is 132 Å². The van der Waals surface area contributed by atoms with E-state index in [4.69, 9.17) is 11.2 Å². The topological polar surface area (TPSA) is 32.8 Å². The summed E-state index contributed by atoms with van der Waals surface area (Å²) in [7, 11) is 0. The number of hydrogen-bond donors (Lipinski definition) is 0. The van der Waals surface area contributed by atoms with Gasteiger partial charge in [-0.15, -0.1) is 6.42 Å². The first-order valence-corrected chi connectivity index (χ1v) is 8.00. The van der Waals surface area contributed by atoms with Gasteiger partial charge in [0.25, 0.3) is 0 Å². The molecule has 22 heavy (non-hydrogen) atoms. The Balaban J connectivity index is 1.66. The summed E-state index contributed by atoms with van der Waals surface area (Å²) in [6.45, 7) is 4.09. The molecule has 0 saturated carbocycles. The highest BCUT2D eigenvalue weighted by atomic mass is 16.6. The number of ether oxygens (including phenoxy) is 1. The maximum absolute atomic E-state index is 12.2. The Morgan fingerprint density at radius 1 is 1.18 bits per heavy atom. The standard InChI is InChI=1S/C18H22N2O2/c1-2-9-19-12-8-15-6-7-17(13-16(15)14-19)22-18(21)20-10-4-3-5-11-20/h1,6-7,13H,3-5,8-12,14H2. The SMILES string of the molecule is C#CCN1CCc2ccc(OC(=O)N3CCCCC3)cc2C1. The van der Waals surface area contributed by atoms with Gasteiger partial charge in [0.2, 0.25) is 0 Å². The fraction of sp³-hybridized carbons (Fsp3) is 0.500. The minimum atomic E-state index is -0.226. The molecule has 2 aliphatic heterocycles. The molecule has 0 aliphatic carbocycles. The molecule has 0 spiro atoms. The molecule has 1 saturated heterocycles. The molecule has 0 aromatic heterocycles. The van der Waals surface area contributed by atoms with Crippen LogP contribution in [0, 0.1) is 12.3 Å². The Morgan fingerprint density at radius 3 is 2.77 bits per heavy atom. The van der Waals surface area contributed by atoms with E-state index in [0.29, 0.717) is 12.3 Å². The van der Waals surface area contributed by atoms with Crippen molar-refractivity contribution in [3.05, 3.63) is 29.3 Å². The number of likely N-dealkylation sites (tertiary alicyclic amines) is 1. The third-order valence-electron chi connectivity index (χ3n) is 4.40. The van der Waals surface area contributed by atoms with E-state index in [1.807, 2.05) is 12.1 Å². The zero-order chi connectivity index (χ0) is 15.4. The van der Waals surface area contributed by atoms with E-state index >= 15 is 0 Å². The number of fused-ring (bicyclic) bond motifs is 1. The van der Waals surface area contributed by atoms with Crippen molar-refractivity contribution >= 4 is 6.09 Å². The van der Waals surface area contributed by atoms with E-state index < -0.39 is 0 Å². The lowest BCUT2D eigenvalue weighted by Gasteiger charge is -2.28. The smallest absolute Gasteiger partial charge is 0.410 e. The zero-order valence-electron chi connectivity index (χ0n) is 12.9. The number of carbonyl (C=O) groups is 1. The molecular weight excluding hydrogens is 276 g/mol. The van der Waals surface area contributed by atoms with Crippen molar-refractivity contribution < 1.29 is 9.53 Å². The Kier molecular flexibility index (Phi) is 4.65. The van der Waals surface area contributed by atoms with Crippen LogP contribution in [0.1, 0.15) is 30.4 Å². The molecule has 4 heteroatoms. The van der Waals surface area contributed by atoms with E-state index in [1.54, 1.807) is 4.90 Å². The zero-order valence-corrected chi connectivity index (χ0v) is 12.9. The average Bonchev–Trinajstić information content (AvgIpc) is 2.55. The first-order chi connectivity index (χ1) is 10.8. The van der Waals surface area contributed by atoms with Gasteiger partial charge in [0.1, 0.15) is 5.75 Å². The second kappa shape index (κ2) is 6.85. The van der Waals surface area contributed by atoms with Crippen LogP contribution in [0.5, 0.6) is 5.75 Å². The lowest BCUT2D eigenvalue weighted by molar-refractivity contribution is 0.142. The van der Waals surface area contributed by atoms with Gasteiger partial charge in [-0.05, 0) is 48.9 Å². The van der Waals surface area contributed by atoms with Crippen LogP contribution in [0.25, 0.3) is 0 Å². The van der Waals surface area contributed by atoms with Crippen molar-refractivity contribution in [2.24, 2.45) is 0 Å². The highest BCUT2D eigenvalue weighted by molar-refractivity contribution is 5.70. The summed E-state index contributed by atoms with van der Waals surface area (Å²) in [4.78, 5) is 16.2. The maximum atomic E-state index is 12.2. The van der Waals surface area contributed by atoms with Gasteiger partial charge in [-0.2, -0.15) is 0 Å². The lowest BCUT2D eigenvalue weighted by atomic mass is 9.99. The molecule has 0 N–H and O–H groups in total. The molecule has 1 amide bonds. The van der Waals surface area contributed by atoms with Crippen LogP contribution in [-0.2, 0) is 13.0 Å². The monoisotopic (exact) mass is 298 g/mol. The first-order valence-electron chi connectivity index (χ1n) is 8.00. The van der Waals surface area contributed by atoms with Gasteiger partial charge in [-0.3, -0.25) is 4.90 Å². The summed E-state index contributed by atoms with van der Waals surface area (Å²) in [6, 6.07) is 5.96. The summed E-state index contributed by atoms with van der Waals surface area (Å²) in [6.07, 6.45) is 9.50. The third kappa shape index (κ3) is 3.42. The molecule has 0 radical (unpaired) electrons. The third-order valence-corrected chi connectivity index (χ3v) is 4.40. The highest BCUT2D eigenvalue weighted by Gasteiger charge is 2.20. The number of rotatable bonds is 2. The van der Waals surface area contributed by atoms with Crippen molar-refractivity contribution in [1.82, 2.24) is 9.80 Å². The normalized spacial score (nSPS) is 18.4. The van der Waals surface area contributed by atoms with Crippen molar-refractivity contribution in [2.45, 2.75) is 32.2 Å². The second-order valence-corrected chi connectivity index (χ2v) is 6.01. The molecule has 3 rings (SSSR count). The molecular formula is C18H22N2O2. The minimum absolute atomic E-state index is 0.226. The van der Waals surface area contributed by atoms with Crippen LogP contribution in [0.3, 0.4) is 0 Å². The molecule has 2 heterocycles. The van der Waals surface area contributed by atoms with Crippen LogP contribution in [0.15, 0.2) is 18.2 Å². The van der Waals surface area contributed by atoms with Crippen LogP contribution >= 0.6 is 0 Å². The number of hydrogen-bond acceptors (Lipinski definition) is 3. The molecule has 4 nitrogen and oxygen atoms in total. The first kappa shape index (κ1) is 14.9. The predicted molar refractivity (Wildman–Crippen MR) is 85.7 cm³/mol. The summed E-state index contributed by atoms with van der Waals surface area (Å²) < 4.78 is 5.54. The lowest BCUT2D eigenvalue weighted by Crippen LogP contribution is -2.37. The predicted octanol–water partition coefficient (Wildman–Crippen LogP) is 2.66. The number of carbonyl (C=O) groups excluding carboxylic acids is 1. The summed E-state index contributed by atoms with van der Waals surface area (Å²) >= 11 is 0. The number of nitrogens with zero attached hydrogens (tertiary/aromatic N) is 2. The largest absolute Gasteiger partial charge is 0.415 e. The van der Waals surface area contributed by atoms with Crippen LogP contribution in [0.4, 0.5) is 4.79 Å². The number of piperidine rings is 1. The molecule has 0 unspecified atom stereocenters. The van der Waals surface area contributed by atoms with Gasteiger partial charge in [0.15, 0.2) is 0 Å². The van der Waals surface area contributed by atoms with Crippen molar-refractivity contribution in [1.29, 1.82) is 0 Å². The fourth-order valence-corrected chi connectivity index (χ4v) is 3.16. The minimum Gasteiger partial charge on any atom is -0.410 e. The fourth-order valence-electron chi connectivity index (χ4n) is 3.16. The van der Waals surface area contributed by atoms with Gasteiger partial charge < -0.3 is 9.64 Å². The van der Waals surface area contributed by atoms with E-state index in [2.05, 4.69) is 16.9 Å². The van der Waals surface area contributed by atoms with E-state index in [0.717, 1.165) is 45.4 Å². The van der Waals surface area contributed by atoms with Crippen LogP contribution < -0.4 is 4.74 Å². The Bertz CT molecular complexity index is 585. The van der Waals surface area contributed by atoms with Crippen molar-refractivity contribution in [2.75, 3.05) is 26.2 Å². The highest BCUT2D eigenvalue weighted by Crippen LogP contribution is 2.24. The van der Waals surface area contributed by atoms with Gasteiger partial charge in [-0.1, -0.05) is 12.0 Å². The molecule has 0 bridgehead atoms. The second-order valence-electron chi connectivity index (χ2n) is 6.01. The van der Waals surface area contributed by atoms with Crippen LogP contribution in [0.2, 0.25) is 0 Å². The summed E-state index contributed by atoms with van der Waals surface area (Å²) in [5, 5.41) is 0. The molecule has 2 aliphatic rings. The number of amides is 1. The van der Waals surface area contributed by atoms with E-state index in [9.17, 15) is 4.79 Å². The van der Waals surface area contributed by atoms with Gasteiger partial charge in [0, 0.05) is 26.2 Å². The Morgan fingerprint density at radius 2 is 2.00 bits per heavy atom. The number of benzene rings is 1. The van der Waals surface area contributed by atoms with E-state index in [1.165, 1.54) is 17.5 Å². The number of terminal acetylenes is 1. The summed E-state index contributed by atoms with van der Waals surface area (Å²) in [5.41, 5.74) is 2.54. The van der Waals surface area contributed by atoms with E-state index in [-0.39, 0.29) is 6.09 Å². The Hall–Kier alpha value is -1.99. The molecule has 1 fully saturated rings. The van der Waals surface area contributed by atoms with Gasteiger partial charge in [0.05, 0.1) is 6.54 Å². The van der Waals surface area contributed by atoms with Crippen LogP contribution in [-0.4, -0.2) is 42.1 Å². The van der Waals surface area contributed by atoms with Crippen molar-refractivity contribution in [3.63, 3.8) is 0 Å². The quantitative estimate of drug-likeness (QED) is 0.787. The molecule has 1 aromatic carbocycles. The average molecular weight is 298 g/mol. The molecule has 116 valence electrons. The maximum Gasteiger partial charge on any atom is 0.415 e. The molecule has 1 aromatic rings. The van der Waals surface area contributed by atoms with Gasteiger partial charge in [-0.25, -0.2) is 4.79 Å². The molecule has 0 atom stereocenters. The summed E-state index contributed by atoms with van der Waals surface area (Å²) in [5.74, 6) is 3.33.